The van der Waals surface area contributed by atoms with Gasteiger partial charge in [-0.3, -0.25) is 0 Å². The second kappa shape index (κ2) is 5.73. The highest BCUT2D eigenvalue weighted by molar-refractivity contribution is 6.31. The summed E-state index contributed by atoms with van der Waals surface area (Å²) in [5.74, 6) is -0.274. The Labute approximate surface area is 118 Å². The lowest BCUT2D eigenvalue weighted by Gasteiger charge is -2.11. The number of benzene rings is 2. The number of ether oxygens (including phenoxy) is 1. The normalized spacial score (nSPS) is 11.4. The summed E-state index contributed by atoms with van der Waals surface area (Å²) in [6.45, 7) is 0.298. The fourth-order valence-electron chi connectivity index (χ4n) is 1.81. The van der Waals surface area contributed by atoms with Gasteiger partial charge in [0.1, 0.15) is 5.75 Å². The van der Waals surface area contributed by atoms with Crippen molar-refractivity contribution in [1.29, 1.82) is 0 Å². The van der Waals surface area contributed by atoms with Crippen molar-refractivity contribution in [2.45, 2.75) is 12.9 Å². The summed E-state index contributed by atoms with van der Waals surface area (Å²) in [4.78, 5) is 0. The highest BCUT2D eigenvalue weighted by atomic mass is 35.5. The summed E-state index contributed by atoms with van der Waals surface area (Å²) >= 11 is 5.96. The van der Waals surface area contributed by atoms with Gasteiger partial charge in [0, 0.05) is 11.6 Å². The minimum absolute atomic E-state index is 0.274. The van der Waals surface area contributed by atoms with Crippen LogP contribution in [0, 0.1) is 0 Å². The van der Waals surface area contributed by atoms with Gasteiger partial charge in [-0.1, -0.05) is 23.7 Å². The Morgan fingerprint density at radius 3 is 2.45 bits per heavy atom. The first-order valence-electron chi connectivity index (χ1n) is 5.73. The van der Waals surface area contributed by atoms with Gasteiger partial charge in [0.05, 0.1) is 0 Å². The van der Waals surface area contributed by atoms with E-state index in [4.69, 9.17) is 17.3 Å². The molecule has 0 heterocycles. The Morgan fingerprint density at radius 2 is 1.80 bits per heavy atom. The first-order valence-corrected chi connectivity index (χ1v) is 6.11. The molecular formula is C14H11ClF3NO. The Balaban J connectivity index is 2.38. The smallest absolute Gasteiger partial charge is 0.406 e. The molecule has 2 aromatic rings. The molecule has 0 atom stereocenters. The maximum Gasteiger partial charge on any atom is 0.573 e. The van der Waals surface area contributed by atoms with Crippen LogP contribution >= 0.6 is 11.6 Å². The van der Waals surface area contributed by atoms with Crippen LogP contribution in [0.1, 0.15) is 5.56 Å². The SMILES string of the molecule is NCc1cc(Cl)cc(-c2cccc(OC(F)(F)F)c2)c1. The lowest BCUT2D eigenvalue weighted by atomic mass is 10.0. The van der Waals surface area contributed by atoms with Crippen molar-refractivity contribution >= 4 is 11.6 Å². The van der Waals surface area contributed by atoms with Crippen molar-refractivity contribution in [3.05, 3.63) is 53.1 Å². The average Bonchev–Trinajstić information content (AvgIpc) is 2.36. The molecule has 2 aromatic carbocycles. The van der Waals surface area contributed by atoms with E-state index >= 15 is 0 Å². The zero-order valence-electron chi connectivity index (χ0n) is 10.2. The van der Waals surface area contributed by atoms with Crippen molar-refractivity contribution in [3.63, 3.8) is 0 Å². The van der Waals surface area contributed by atoms with Gasteiger partial charge in [0.15, 0.2) is 0 Å². The van der Waals surface area contributed by atoms with E-state index in [-0.39, 0.29) is 5.75 Å². The molecule has 0 saturated carbocycles. The molecule has 0 unspecified atom stereocenters. The van der Waals surface area contributed by atoms with E-state index in [1.54, 1.807) is 24.3 Å². The van der Waals surface area contributed by atoms with Crippen LogP contribution in [0.25, 0.3) is 11.1 Å². The standard InChI is InChI=1S/C14H11ClF3NO/c15-12-5-9(8-19)4-11(6-12)10-2-1-3-13(7-10)20-14(16,17)18/h1-7H,8,19H2. The molecule has 2 nitrogen and oxygen atoms in total. The Kier molecular flexibility index (Phi) is 4.20. The van der Waals surface area contributed by atoms with Crippen LogP contribution < -0.4 is 10.5 Å². The second-order valence-corrected chi connectivity index (χ2v) is 4.56. The molecule has 0 spiro atoms. The van der Waals surface area contributed by atoms with Crippen molar-refractivity contribution in [1.82, 2.24) is 0 Å². The van der Waals surface area contributed by atoms with Gasteiger partial charge in [-0.05, 0) is 47.0 Å². The molecule has 6 heteroatoms. The van der Waals surface area contributed by atoms with Gasteiger partial charge in [0.25, 0.3) is 0 Å². The number of rotatable bonds is 3. The van der Waals surface area contributed by atoms with E-state index < -0.39 is 6.36 Å². The summed E-state index contributed by atoms with van der Waals surface area (Å²) < 4.78 is 40.5. The van der Waals surface area contributed by atoms with Gasteiger partial charge < -0.3 is 10.5 Å². The molecule has 0 aliphatic heterocycles. The molecule has 0 bridgehead atoms. The molecule has 0 amide bonds. The van der Waals surface area contributed by atoms with E-state index in [9.17, 15) is 13.2 Å². The van der Waals surface area contributed by atoms with E-state index in [2.05, 4.69) is 4.74 Å². The van der Waals surface area contributed by atoms with E-state index in [0.29, 0.717) is 22.7 Å². The lowest BCUT2D eigenvalue weighted by Crippen LogP contribution is -2.17. The van der Waals surface area contributed by atoms with Gasteiger partial charge in [0.2, 0.25) is 0 Å². The number of nitrogens with two attached hydrogens (primary N) is 1. The maximum absolute atomic E-state index is 12.2. The van der Waals surface area contributed by atoms with Crippen LogP contribution in [0.4, 0.5) is 13.2 Å². The summed E-state index contributed by atoms with van der Waals surface area (Å²) in [5.41, 5.74) is 7.61. The molecule has 2 rings (SSSR count). The largest absolute Gasteiger partial charge is 0.573 e. The van der Waals surface area contributed by atoms with Gasteiger partial charge in [-0.25, -0.2) is 0 Å². The minimum atomic E-state index is -4.71. The van der Waals surface area contributed by atoms with Crippen LogP contribution in [0.5, 0.6) is 5.75 Å². The number of hydrogen-bond acceptors (Lipinski definition) is 2. The third-order valence-corrected chi connectivity index (χ3v) is 2.81. The molecule has 0 fully saturated rings. The van der Waals surface area contributed by atoms with Crippen LogP contribution in [-0.2, 0) is 6.54 Å². The Bertz CT molecular complexity index is 614. The molecule has 20 heavy (non-hydrogen) atoms. The highest BCUT2D eigenvalue weighted by Gasteiger charge is 2.31. The van der Waals surface area contributed by atoms with Crippen LogP contribution in [-0.4, -0.2) is 6.36 Å². The van der Waals surface area contributed by atoms with E-state index in [1.165, 1.54) is 18.2 Å². The Morgan fingerprint density at radius 1 is 1.05 bits per heavy atom. The predicted molar refractivity (Wildman–Crippen MR) is 71.5 cm³/mol. The summed E-state index contributed by atoms with van der Waals surface area (Å²) in [5, 5.41) is 0.477. The average molecular weight is 302 g/mol. The Hall–Kier alpha value is -1.72. The second-order valence-electron chi connectivity index (χ2n) is 4.13. The molecule has 0 aliphatic rings. The van der Waals surface area contributed by atoms with Crippen LogP contribution in [0.2, 0.25) is 5.02 Å². The molecule has 0 radical (unpaired) electrons. The number of hydrogen-bond donors (Lipinski definition) is 1. The van der Waals surface area contributed by atoms with Crippen molar-refractivity contribution in [3.8, 4) is 16.9 Å². The van der Waals surface area contributed by atoms with E-state index in [1.807, 2.05) is 0 Å². The zero-order valence-corrected chi connectivity index (χ0v) is 11.0. The van der Waals surface area contributed by atoms with Gasteiger partial charge >= 0.3 is 6.36 Å². The zero-order chi connectivity index (χ0) is 14.8. The molecule has 2 N–H and O–H groups in total. The first kappa shape index (κ1) is 14.7. The maximum atomic E-state index is 12.2. The minimum Gasteiger partial charge on any atom is -0.406 e. The molecule has 0 aliphatic carbocycles. The number of alkyl halides is 3. The van der Waals surface area contributed by atoms with Crippen LogP contribution in [0.15, 0.2) is 42.5 Å². The van der Waals surface area contributed by atoms with E-state index in [0.717, 1.165) is 5.56 Å². The first-order chi connectivity index (χ1) is 9.37. The quantitative estimate of drug-likeness (QED) is 0.914. The summed E-state index contributed by atoms with van der Waals surface area (Å²) in [7, 11) is 0. The molecule has 106 valence electrons. The third-order valence-electron chi connectivity index (χ3n) is 2.59. The van der Waals surface area contributed by atoms with Gasteiger partial charge in [-0.15, -0.1) is 13.2 Å². The molecule has 0 saturated heterocycles. The van der Waals surface area contributed by atoms with Crippen molar-refractivity contribution in [2.24, 2.45) is 5.73 Å². The monoisotopic (exact) mass is 301 g/mol. The van der Waals surface area contributed by atoms with Crippen LogP contribution in [0.3, 0.4) is 0 Å². The summed E-state index contributed by atoms with van der Waals surface area (Å²) in [6.07, 6.45) is -4.71. The fraction of sp³-hybridized carbons (Fsp3) is 0.143. The van der Waals surface area contributed by atoms with Crippen molar-refractivity contribution < 1.29 is 17.9 Å². The van der Waals surface area contributed by atoms with Crippen molar-refractivity contribution in [2.75, 3.05) is 0 Å². The molecular weight excluding hydrogens is 291 g/mol. The highest BCUT2D eigenvalue weighted by Crippen LogP contribution is 2.30. The molecule has 0 aromatic heterocycles. The lowest BCUT2D eigenvalue weighted by molar-refractivity contribution is -0.274. The fourth-order valence-corrected chi connectivity index (χ4v) is 2.07. The predicted octanol–water partition coefficient (Wildman–Crippen LogP) is 4.36. The number of halogens is 4. The third kappa shape index (κ3) is 3.88. The van der Waals surface area contributed by atoms with Gasteiger partial charge in [-0.2, -0.15) is 0 Å². The summed E-state index contributed by atoms with van der Waals surface area (Å²) in [6, 6.07) is 10.9. The topological polar surface area (TPSA) is 35.2 Å².